The first-order valence-electron chi connectivity index (χ1n) is 10.2. The second kappa shape index (κ2) is 9.69. The van der Waals surface area contributed by atoms with Gasteiger partial charge < -0.3 is 15.0 Å². The van der Waals surface area contributed by atoms with Crippen molar-refractivity contribution in [3.8, 4) is 0 Å². The molecule has 2 aromatic carbocycles. The van der Waals surface area contributed by atoms with Gasteiger partial charge in [-0.15, -0.1) is 0 Å². The molecule has 5 heteroatoms. The molecule has 1 fully saturated rings. The van der Waals surface area contributed by atoms with Gasteiger partial charge in [-0.1, -0.05) is 36.4 Å². The highest BCUT2D eigenvalue weighted by molar-refractivity contribution is 6.07. The Morgan fingerprint density at radius 3 is 2.79 bits per heavy atom. The fourth-order valence-corrected chi connectivity index (χ4v) is 3.70. The second-order valence-electron chi connectivity index (χ2n) is 7.68. The highest BCUT2D eigenvalue weighted by atomic mass is 16.5. The number of rotatable bonds is 7. The number of carbonyl (C=O) groups is 2. The zero-order valence-corrected chi connectivity index (χ0v) is 16.8. The van der Waals surface area contributed by atoms with Crippen LogP contribution in [0.4, 0.5) is 0 Å². The third-order valence-corrected chi connectivity index (χ3v) is 5.17. The average molecular weight is 383 g/mol. The molecule has 0 radical (unpaired) electrons. The molecule has 1 saturated heterocycles. The van der Waals surface area contributed by atoms with Crippen LogP contribution in [0.3, 0.4) is 0 Å². The molecule has 1 atom stereocenters. The minimum atomic E-state index is -0.140. The fraction of sp³-hybridized carbons (Fsp3) is 0.478. The van der Waals surface area contributed by atoms with Gasteiger partial charge in [0.25, 0.3) is 5.91 Å². The smallest absolute Gasteiger partial charge is 0.254 e. The lowest BCUT2D eigenvalue weighted by Gasteiger charge is -2.32. The number of ether oxygens (including phenoxy) is 1. The van der Waals surface area contributed by atoms with E-state index in [4.69, 9.17) is 4.74 Å². The van der Waals surface area contributed by atoms with Gasteiger partial charge >= 0.3 is 0 Å². The molecule has 5 nitrogen and oxygen atoms in total. The van der Waals surface area contributed by atoms with Crippen LogP contribution >= 0.6 is 0 Å². The Balaban J connectivity index is 1.58. The van der Waals surface area contributed by atoms with E-state index < -0.39 is 0 Å². The number of benzene rings is 2. The molecule has 2 aromatic rings. The van der Waals surface area contributed by atoms with Gasteiger partial charge in [-0.05, 0) is 49.9 Å². The van der Waals surface area contributed by atoms with Crippen LogP contribution in [0, 0.1) is 5.92 Å². The quantitative estimate of drug-likeness (QED) is 0.744. The predicted octanol–water partition coefficient (Wildman–Crippen LogP) is 3.62. The number of hydrogen-bond acceptors (Lipinski definition) is 3. The maximum atomic E-state index is 13.1. The molecule has 1 aliphatic heterocycles. The third-order valence-electron chi connectivity index (χ3n) is 5.17. The van der Waals surface area contributed by atoms with Crippen LogP contribution in [0.15, 0.2) is 42.5 Å². The Bertz CT molecular complexity index is 813. The minimum absolute atomic E-state index is 0.0135. The number of nitrogens with zero attached hydrogens (tertiary/aromatic N) is 1. The van der Waals surface area contributed by atoms with Crippen molar-refractivity contribution < 1.29 is 14.3 Å². The number of carbonyl (C=O) groups excluding carboxylic acids is 2. The van der Waals surface area contributed by atoms with Crippen LogP contribution in [0.25, 0.3) is 10.8 Å². The SMILES string of the molecule is CC(C)OCCCNC(=O)C1CCCN(C(=O)c2cccc3ccccc23)C1. The van der Waals surface area contributed by atoms with E-state index in [1.165, 1.54) is 0 Å². The Kier molecular flexibility index (Phi) is 7.04. The van der Waals surface area contributed by atoms with E-state index in [1.807, 2.05) is 61.2 Å². The van der Waals surface area contributed by atoms with E-state index in [9.17, 15) is 9.59 Å². The molecule has 1 aliphatic rings. The van der Waals surface area contributed by atoms with Crippen molar-refractivity contribution in [3.63, 3.8) is 0 Å². The van der Waals surface area contributed by atoms with E-state index in [1.54, 1.807) is 0 Å². The van der Waals surface area contributed by atoms with Crippen LogP contribution in [0.5, 0.6) is 0 Å². The average Bonchev–Trinajstić information content (AvgIpc) is 2.72. The summed E-state index contributed by atoms with van der Waals surface area (Å²) < 4.78 is 5.50. The maximum absolute atomic E-state index is 13.1. The molecule has 28 heavy (non-hydrogen) atoms. The van der Waals surface area contributed by atoms with E-state index >= 15 is 0 Å². The molecule has 1 heterocycles. The normalized spacial score (nSPS) is 17.1. The van der Waals surface area contributed by atoms with Crippen molar-refractivity contribution in [1.82, 2.24) is 10.2 Å². The lowest BCUT2D eigenvalue weighted by molar-refractivity contribution is -0.126. The van der Waals surface area contributed by atoms with E-state index in [2.05, 4.69) is 5.32 Å². The summed E-state index contributed by atoms with van der Waals surface area (Å²) in [6.45, 7) is 6.45. The van der Waals surface area contributed by atoms with Crippen LogP contribution in [-0.2, 0) is 9.53 Å². The number of amides is 2. The number of nitrogens with one attached hydrogen (secondary N) is 1. The van der Waals surface area contributed by atoms with Crippen molar-refractivity contribution in [2.75, 3.05) is 26.2 Å². The van der Waals surface area contributed by atoms with Crippen LogP contribution in [0.2, 0.25) is 0 Å². The summed E-state index contributed by atoms with van der Waals surface area (Å²) in [5.74, 6) is -0.0849. The number of likely N-dealkylation sites (tertiary alicyclic amines) is 1. The molecule has 0 bridgehead atoms. The van der Waals surface area contributed by atoms with Crippen LogP contribution < -0.4 is 5.32 Å². The summed E-state index contributed by atoms with van der Waals surface area (Å²) in [5.41, 5.74) is 0.713. The summed E-state index contributed by atoms with van der Waals surface area (Å²) >= 11 is 0. The van der Waals surface area contributed by atoms with Crippen LogP contribution in [0.1, 0.15) is 43.5 Å². The van der Waals surface area contributed by atoms with Gasteiger partial charge in [0.05, 0.1) is 12.0 Å². The predicted molar refractivity (Wildman–Crippen MR) is 111 cm³/mol. The van der Waals surface area contributed by atoms with E-state index in [0.29, 0.717) is 31.8 Å². The third kappa shape index (κ3) is 5.10. The Morgan fingerprint density at radius 1 is 1.18 bits per heavy atom. The number of fused-ring (bicyclic) bond motifs is 1. The Hall–Kier alpha value is -2.40. The standard InChI is InChI=1S/C23H30N2O3/c1-17(2)28-15-7-13-24-22(26)19-10-6-14-25(16-19)23(27)21-12-5-9-18-8-3-4-11-20(18)21/h3-5,8-9,11-12,17,19H,6-7,10,13-16H2,1-2H3,(H,24,26). The first-order chi connectivity index (χ1) is 13.6. The molecule has 2 amide bonds. The lowest BCUT2D eigenvalue weighted by atomic mass is 9.95. The first kappa shape index (κ1) is 20.3. The molecule has 150 valence electrons. The summed E-state index contributed by atoms with van der Waals surface area (Å²) in [6.07, 6.45) is 2.69. The first-order valence-corrected chi connectivity index (χ1v) is 10.2. The number of piperidine rings is 1. The Labute approximate surface area is 167 Å². The molecule has 3 rings (SSSR count). The zero-order valence-electron chi connectivity index (χ0n) is 16.8. The largest absolute Gasteiger partial charge is 0.379 e. The van der Waals surface area contributed by atoms with Gasteiger partial charge in [-0.3, -0.25) is 9.59 Å². The molecule has 0 aliphatic carbocycles. The van der Waals surface area contributed by atoms with Gasteiger partial charge in [0, 0.05) is 31.8 Å². The molecule has 0 saturated carbocycles. The van der Waals surface area contributed by atoms with Gasteiger partial charge in [-0.25, -0.2) is 0 Å². The summed E-state index contributed by atoms with van der Waals surface area (Å²) in [4.78, 5) is 27.5. The molecule has 1 N–H and O–H groups in total. The lowest BCUT2D eigenvalue weighted by Crippen LogP contribution is -2.45. The molecular weight excluding hydrogens is 352 g/mol. The maximum Gasteiger partial charge on any atom is 0.254 e. The monoisotopic (exact) mass is 382 g/mol. The van der Waals surface area contributed by atoms with Crippen molar-refractivity contribution in [3.05, 3.63) is 48.0 Å². The summed E-state index contributed by atoms with van der Waals surface area (Å²) in [7, 11) is 0. The van der Waals surface area contributed by atoms with Crippen molar-refractivity contribution >= 4 is 22.6 Å². The van der Waals surface area contributed by atoms with Crippen LogP contribution in [-0.4, -0.2) is 49.1 Å². The zero-order chi connectivity index (χ0) is 19.9. The van der Waals surface area contributed by atoms with Gasteiger partial charge in [0.15, 0.2) is 0 Å². The number of hydrogen-bond donors (Lipinski definition) is 1. The second-order valence-corrected chi connectivity index (χ2v) is 7.68. The van der Waals surface area contributed by atoms with Crippen molar-refractivity contribution in [1.29, 1.82) is 0 Å². The highest BCUT2D eigenvalue weighted by Gasteiger charge is 2.29. The topological polar surface area (TPSA) is 58.6 Å². The van der Waals surface area contributed by atoms with E-state index in [-0.39, 0.29) is 23.8 Å². The summed E-state index contributed by atoms with van der Waals surface area (Å²) in [5, 5.41) is 5.02. The molecular formula is C23H30N2O3. The molecule has 0 aromatic heterocycles. The van der Waals surface area contributed by atoms with E-state index in [0.717, 1.165) is 30.0 Å². The Morgan fingerprint density at radius 2 is 1.96 bits per heavy atom. The van der Waals surface area contributed by atoms with Gasteiger partial charge in [-0.2, -0.15) is 0 Å². The van der Waals surface area contributed by atoms with Gasteiger partial charge in [0.1, 0.15) is 0 Å². The van der Waals surface area contributed by atoms with Gasteiger partial charge in [0.2, 0.25) is 5.91 Å². The minimum Gasteiger partial charge on any atom is -0.379 e. The molecule has 0 spiro atoms. The van der Waals surface area contributed by atoms with Crippen molar-refractivity contribution in [2.24, 2.45) is 5.92 Å². The van der Waals surface area contributed by atoms with Crippen molar-refractivity contribution in [2.45, 2.75) is 39.2 Å². The highest BCUT2D eigenvalue weighted by Crippen LogP contribution is 2.23. The fourth-order valence-electron chi connectivity index (χ4n) is 3.70. The molecule has 1 unspecified atom stereocenters. The summed E-state index contributed by atoms with van der Waals surface area (Å²) in [6, 6.07) is 13.7.